The molecule has 3 N–H and O–H groups in total. The Balaban J connectivity index is 1.57. The van der Waals surface area contributed by atoms with Crippen molar-refractivity contribution in [2.75, 3.05) is 53.6 Å². The van der Waals surface area contributed by atoms with E-state index in [0.717, 1.165) is 11.8 Å². The number of rotatable bonds is 14. The first-order valence-electron chi connectivity index (χ1n) is 24.6. The van der Waals surface area contributed by atoms with Gasteiger partial charge in [-0.05, 0) is 87.0 Å². The van der Waals surface area contributed by atoms with Crippen molar-refractivity contribution < 1.29 is 81.6 Å². The number of fused-ring (bicyclic) bond motifs is 1. The van der Waals surface area contributed by atoms with Gasteiger partial charge >= 0.3 is 17.9 Å². The zero-order valence-corrected chi connectivity index (χ0v) is 45.2. The summed E-state index contributed by atoms with van der Waals surface area (Å²) < 4.78 is 61.6. The van der Waals surface area contributed by atoms with Crippen LogP contribution in [-0.2, 0) is 61.8 Å². The minimum absolute atomic E-state index is 0.0709. The highest BCUT2D eigenvalue weighted by Gasteiger charge is 2.62. The topological polar surface area (TPSA) is 233 Å². The van der Waals surface area contributed by atoms with Gasteiger partial charge < -0.3 is 67.8 Å². The average Bonchev–Trinajstić information content (AvgIpc) is 3.60. The lowest BCUT2D eigenvalue weighted by Crippen LogP contribution is -2.61. The number of hydrogen-bond donors (Lipinski definition) is 3. The van der Waals surface area contributed by atoms with E-state index in [9.17, 15) is 29.4 Å². The molecule has 4 aliphatic rings. The second-order valence-electron chi connectivity index (χ2n) is 20.8. The van der Waals surface area contributed by atoms with Crippen LogP contribution >= 0.6 is 11.8 Å². The van der Waals surface area contributed by atoms with E-state index in [2.05, 4.69) is 5.32 Å². The van der Waals surface area contributed by atoms with Crippen molar-refractivity contribution in [3.63, 3.8) is 0 Å². The normalized spacial score (nSPS) is 40.5. The van der Waals surface area contributed by atoms with Gasteiger partial charge in [0.2, 0.25) is 5.91 Å². The molecule has 3 unspecified atom stereocenters. The lowest BCUT2D eigenvalue weighted by molar-refractivity contribution is -0.319. The fraction of sp³-hybridized carbons (Fsp3) is 0.784. The standard InChI is InChI=1S/C51H80N2O17S/c1-17-35-51(10)38(42(47(60)70-51)71-24-36(54)52-31-18-19-32(46(59)62-14)34(21-31)61-13)27(4)39(55)25(2)22-50(9,64-16)44(69-48-40(56)33(53(11)12)20-26(3)65-48)28(5)41(29(6)45(58)67-35)68-37-23-49(8,63-15)43(57)30(7)66-37/h18-19,21,25-30,33,35,37-38,40-44,48,56-57H,17,20,22-24H2,1-16H3,(H,52,54)/t25-,26-,27?,28+,29-,30-,33+,35-,37+,38?,40-,41+,42?,43+,44-,48+,49-,50-,51-/m1/s1. The summed E-state index contributed by atoms with van der Waals surface area (Å²) in [6, 6.07) is 4.13. The van der Waals surface area contributed by atoms with Gasteiger partial charge in [-0.2, -0.15) is 0 Å². The second kappa shape index (κ2) is 23.8. The summed E-state index contributed by atoms with van der Waals surface area (Å²) in [6.07, 6.45) is -7.61. The molecule has 20 heteroatoms. The molecule has 0 bridgehead atoms. The van der Waals surface area contributed by atoms with E-state index in [1.54, 1.807) is 48.5 Å². The average molecular weight is 1030 g/mol. The number of nitrogens with one attached hydrogen (secondary N) is 1. The van der Waals surface area contributed by atoms with E-state index in [0.29, 0.717) is 12.1 Å². The molecule has 0 saturated carbocycles. The predicted molar refractivity (Wildman–Crippen MR) is 262 cm³/mol. The van der Waals surface area contributed by atoms with E-state index >= 15 is 4.79 Å². The van der Waals surface area contributed by atoms with Crippen LogP contribution < -0.4 is 10.1 Å². The summed E-state index contributed by atoms with van der Waals surface area (Å²) in [5.74, 6) is -7.15. The number of thioether (sulfide) groups is 1. The number of ether oxygens (including phenoxy) is 10. The number of cyclic esters (lactones) is 1. The highest BCUT2D eigenvalue weighted by Crippen LogP contribution is 2.49. The molecule has 402 valence electrons. The van der Waals surface area contributed by atoms with Crippen LogP contribution in [-0.4, -0.2) is 176 Å². The van der Waals surface area contributed by atoms with Gasteiger partial charge in [0.05, 0.1) is 61.5 Å². The Morgan fingerprint density at radius 2 is 1.55 bits per heavy atom. The molecule has 19 nitrogen and oxygen atoms in total. The second-order valence-corrected chi connectivity index (χ2v) is 21.9. The van der Waals surface area contributed by atoms with Gasteiger partial charge in [0.25, 0.3) is 0 Å². The van der Waals surface area contributed by atoms with Crippen molar-refractivity contribution >= 4 is 47.0 Å². The maximum absolute atomic E-state index is 15.1. The monoisotopic (exact) mass is 1020 g/mol. The van der Waals surface area contributed by atoms with Gasteiger partial charge in [-0.25, -0.2) is 4.79 Å². The van der Waals surface area contributed by atoms with Gasteiger partial charge in [-0.15, -0.1) is 11.8 Å². The number of benzene rings is 1. The van der Waals surface area contributed by atoms with Crippen molar-refractivity contribution in [2.45, 2.75) is 178 Å². The largest absolute Gasteiger partial charge is 0.496 e. The molecule has 0 spiro atoms. The third-order valence-corrected chi connectivity index (χ3v) is 16.8. The van der Waals surface area contributed by atoms with Crippen LogP contribution in [0.5, 0.6) is 5.75 Å². The maximum atomic E-state index is 15.1. The van der Waals surface area contributed by atoms with Crippen LogP contribution in [0.4, 0.5) is 5.69 Å². The maximum Gasteiger partial charge on any atom is 0.341 e. The molecule has 19 atom stereocenters. The van der Waals surface area contributed by atoms with Gasteiger partial charge in [-0.3, -0.25) is 19.2 Å². The molecule has 1 aromatic carbocycles. The van der Waals surface area contributed by atoms with E-state index in [4.69, 9.17) is 47.4 Å². The van der Waals surface area contributed by atoms with Crippen molar-refractivity contribution in [3.05, 3.63) is 23.8 Å². The SMILES string of the molecule is CC[C@H]1OC(=O)[C@H](C)[C@@H](O[C@H]2C[C@@](C)(OC)[C@@H](O)[C@@H](C)O2)[C@H](C)[C@@H](O[C@@H]2O[C@H](C)C[C@H](N(C)C)[C@H]2O)[C@](C)(OC)C[C@@H](C)C(=O)C(C)C2C(SCC(=O)Nc3ccc(C(=O)OC)c(OC)c3)C(=O)O[C@@]21C. The van der Waals surface area contributed by atoms with Crippen molar-refractivity contribution in [3.8, 4) is 5.75 Å². The number of esters is 3. The Bertz CT molecular complexity index is 2050. The number of likely N-dealkylation sites (N-methyl/N-ethyl adjacent to an activating group) is 1. The van der Waals surface area contributed by atoms with Gasteiger partial charge in [-0.1, -0.05) is 27.7 Å². The Morgan fingerprint density at radius 3 is 2.14 bits per heavy atom. The van der Waals surface area contributed by atoms with Crippen LogP contribution in [0, 0.1) is 29.6 Å². The summed E-state index contributed by atoms with van der Waals surface area (Å²) >= 11 is 1.01. The molecule has 71 heavy (non-hydrogen) atoms. The van der Waals surface area contributed by atoms with Crippen LogP contribution in [0.1, 0.15) is 105 Å². The Labute approximate surface area is 423 Å². The molecule has 0 aliphatic carbocycles. The van der Waals surface area contributed by atoms with Crippen LogP contribution in [0.15, 0.2) is 18.2 Å². The molecule has 4 heterocycles. The summed E-state index contributed by atoms with van der Waals surface area (Å²) in [7, 11) is 9.37. The first-order valence-corrected chi connectivity index (χ1v) is 25.7. The summed E-state index contributed by atoms with van der Waals surface area (Å²) in [4.78, 5) is 72.0. The Hall–Kier alpha value is -3.44. The Morgan fingerprint density at radius 1 is 0.887 bits per heavy atom. The minimum atomic E-state index is -1.55. The number of amides is 1. The number of aliphatic hydroxyl groups excluding tert-OH is 2. The summed E-state index contributed by atoms with van der Waals surface area (Å²) in [5, 5.41) is 24.7. The molecule has 1 aromatic rings. The first-order chi connectivity index (χ1) is 33.2. The van der Waals surface area contributed by atoms with E-state index < -0.39 is 125 Å². The lowest BCUT2D eigenvalue weighted by atomic mass is 9.70. The predicted octanol–water partition coefficient (Wildman–Crippen LogP) is 4.80. The molecule has 4 fully saturated rings. The molecular weight excluding hydrogens is 945 g/mol. The van der Waals surface area contributed by atoms with Crippen molar-refractivity contribution in [1.29, 1.82) is 0 Å². The fourth-order valence-electron chi connectivity index (χ4n) is 11.3. The first kappa shape index (κ1) is 58.4. The Kier molecular flexibility index (Phi) is 19.6. The number of carbonyl (C=O) groups is 5. The quantitative estimate of drug-likeness (QED) is 0.168. The summed E-state index contributed by atoms with van der Waals surface area (Å²) in [6.45, 7) is 17.7. The fourth-order valence-corrected chi connectivity index (χ4v) is 12.6. The number of Topliss-reactive ketones (excluding diaryl/α,β-unsaturated/α-hetero) is 1. The highest BCUT2D eigenvalue weighted by molar-refractivity contribution is 8.01. The van der Waals surface area contributed by atoms with Gasteiger partial charge in [0, 0.05) is 62.1 Å². The van der Waals surface area contributed by atoms with Gasteiger partial charge in [0.15, 0.2) is 18.2 Å². The number of ketones is 1. The van der Waals surface area contributed by atoms with Crippen LogP contribution in [0.2, 0.25) is 0 Å². The van der Waals surface area contributed by atoms with Crippen LogP contribution in [0.25, 0.3) is 0 Å². The van der Waals surface area contributed by atoms with Gasteiger partial charge in [0.1, 0.15) is 40.7 Å². The molecule has 5 rings (SSSR count). The number of aliphatic hydroxyl groups is 2. The molecule has 4 saturated heterocycles. The van der Waals surface area contributed by atoms with E-state index in [1.165, 1.54) is 46.6 Å². The summed E-state index contributed by atoms with van der Waals surface area (Å²) in [5.41, 5.74) is -3.47. The molecular formula is C51H80N2O17S. The number of nitrogens with zero attached hydrogens (tertiary/aromatic N) is 1. The smallest absolute Gasteiger partial charge is 0.341 e. The zero-order chi connectivity index (χ0) is 53.1. The number of carbonyl (C=O) groups excluding carboxylic acids is 5. The lowest BCUT2D eigenvalue weighted by Gasteiger charge is -2.50. The minimum Gasteiger partial charge on any atom is -0.496 e. The van der Waals surface area contributed by atoms with E-state index in [-0.39, 0.29) is 54.3 Å². The zero-order valence-electron chi connectivity index (χ0n) is 44.4. The number of anilines is 1. The molecule has 4 aliphatic heterocycles. The van der Waals surface area contributed by atoms with Crippen molar-refractivity contribution in [2.24, 2.45) is 29.6 Å². The molecule has 0 aromatic heterocycles. The van der Waals surface area contributed by atoms with Crippen LogP contribution in [0.3, 0.4) is 0 Å². The van der Waals surface area contributed by atoms with Crippen molar-refractivity contribution in [1.82, 2.24) is 4.90 Å². The highest BCUT2D eigenvalue weighted by atomic mass is 32.2. The number of hydrogen-bond acceptors (Lipinski definition) is 19. The third kappa shape index (κ3) is 12.4. The molecule has 1 amide bonds. The molecule has 0 radical (unpaired) electrons. The third-order valence-electron chi connectivity index (χ3n) is 15.5. The number of methoxy groups -OCH3 is 4. The van der Waals surface area contributed by atoms with E-state index in [1.807, 2.05) is 39.8 Å².